The summed E-state index contributed by atoms with van der Waals surface area (Å²) in [6.07, 6.45) is 5.45. The molecule has 5 aliphatic rings. The number of imide groups is 1. The smallest absolute Gasteiger partial charge is 0.238 e. The molecule has 0 N–H and O–H groups in total. The lowest BCUT2D eigenvalue weighted by molar-refractivity contribution is -0.168. The zero-order valence-corrected chi connectivity index (χ0v) is 15.8. The van der Waals surface area contributed by atoms with Crippen molar-refractivity contribution in [2.75, 3.05) is 4.90 Å². The molecule has 4 bridgehead atoms. The van der Waals surface area contributed by atoms with Gasteiger partial charge in [-0.05, 0) is 30.5 Å². The summed E-state index contributed by atoms with van der Waals surface area (Å²) in [5.74, 6) is -1.35. The van der Waals surface area contributed by atoms with Crippen molar-refractivity contribution in [3.05, 3.63) is 54.1 Å². The third kappa shape index (κ3) is 1.62. The summed E-state index contributed by atoms with van der Waals surface area (Å²) in [5, 5.41) is 0. The van der Waals surface area contributed by atoms with Crippen LogP contribution in [0.1, 0.15) is 20.3 Å². The minimum Gasteiger partial charge on any atom is -0.361 e. The van der Waals surface area contributed by atoms with Gasteiger partial charge in [0.1, 0.15) is 6.10 Å². The number of hydrogen-bond donors (Lipinski definition) is 0. The van der Waals surface area contributed by atoms with Gasteiger partial charge in [0.15, 0.2) is 5.78 Å². The molecule has 1 aromatic rings. The number of fused-ring (bicyclic) bond motifs is 5. The van der Waals surface area contributed by atoms with Gasteiger partial charge < -0.3 is 4.74 Å². The van der Waals surface area contributed by atoms with Gasteiger partial charge in [0.05, 0.1) is 23.6 Å². The topological polar surface area (TPSA) is 63.7 Å². The highest BCUT2D eigenvalue weighted by Gasteiger charge is 2.75. The molecule has 3 aliphatic heterocycles. The van der Waals surface area contributed by atoms with E-state index in [1.54, 1.807) is 18.2 Å². The van der Waals surface area contributed by atoms with Gasteiger partial charge in [-0.15, -0.1) is 0 Å². The zero-order valence-electron chi connectivity index (χ0n) is 15.8. The molecule has 2 aliphatic carbocycles. The summed E-state index contributed by atoms with van der Waals surface area (Å²) in [6, 6.07) is 9.09. The van der Waals surface area contributed by atoms with Crippen molar-refractivity contribution in [3.63, 3.8) is 0 Å². The van der Waals surface area contributed by atoms with E-state index >= 15 is 0 Å². The monoisotopic (exact) mass is 375 g/mol. The lowest BCUT2D eigenvalue weighted by atomic mass is 9.55. The average Bonchev–Trinajstić information content (AvgIpc) is 3.31. The largest absolute Gasteiger partial charge is 0.361 e. The van der Waals surface area contributed by atoms with E-state index in [1.807, 2.05) is 24.3 Å². The summed E-state index contributed by atoms with van der Waals surface area (Å²) in [4.78, 5) is 41.1. The normalized spacial score (nSPS) is 41.9. The van der Waals surface area contributed by atoms with E-state index in [1.165, 1.54) is 4.90 Å². The molecule has 0 unspecified atom stereocenters. The lowest BCUT2D eigenvalue weighted by Crippen LogP contribution is -2.60. The molecule has 3 fully saturated rings. The van der Waals surface area contributed by atoms with Crippen LogP contribution in [0.3, 0.4) is 0 Å². The highest BCUT2D eigenvalue weighted by molar-refractivity contribution is 6.23. The average molecular weight is 375 g/mol. The third-order valence-electron chi connectivity index (χ3n) is 7.69. The molecule has 2 saturated heterocycles. The Hall–Kier alpha value is -2.53. The van der Waals surface area contributed by atoms with Crippen LogP contribution in [0.25, 0.3) is 0 Å². The standard InChI is InChI=1S/C23H21NO4/c1-22(2)15-10-12-11-23(15,19-14(25)8-9-16(22)28-19)18-17(12)20(26)24(21(18)27)13-6-4-3-5-7-13/h3-10,12,16-19H,11H2,1-2H3/t12-,16-,17+,18-,19+,23+/m1/s1. The van der Waals surface area contributed by atoms with Crippen LogP contribution >= 0.6 is 0 Å². The Balaban J connectivity index is 1.53. The van der Waals surface area contributed by atoms with Crippen molar-refractivity contribution in [3.8, 4) is 0 Å². The van der Waals surface area contributed by atoms with Gasteiger partial charge >= 0.3 is 0 Å². The van der Waals surface area contributed by atoms with Gasteiger partial charge in [0.2, 0.25) is 11.8 Å². The van der Waals surface area contributed by atoms with Gasteiger partial charge in [-0.3, -0.25) is 19.3 Å². The lowest BCUT2D eigenvalue weighted by Gasteiger charge is -2.55. The Kier molecular flexibility index (Phi) is 2.87. The van der Waals surface area contributed by atoms with Gasteiger partial charge in [0.25, 0.3) is 0 Å². The number of benzene rings is 1. The third-order valence-corrected chi connectivity index (χ3v) is 7.69. The van der Waals surface area contributed by atoms with Crippen LogP contribution in [0.2, 0.25) is 0 Å². The van der Waals surface area contributed by atoms with Gasteiger partial charge in [-0.2, -0.15) is 0 Å². The molecule has 1 aromatic carbocycles. The Morgan fingerprint density at radius 3 is 2.57 bits per heavy atom. The van der Waals surface area contributed by atoms with Crippen LogP contribution in [-0.4, -0.2) is 29.8 Å². The van der Waals surface area contributed by atoms with Crippen molar-refractivity contribution >= 4 is 23.3 Å². The first kappa shape index (κ1) is 16.4. The van der Waals surface area contributed by atoms with Crippen molar-refractivity contribution in [1.29, 1.82) is 0 Å². The zero-order chi connectivity index (χ0) is 19.4. The molecule has 2 amide bonds. The summed E-state index contributed by atoms with van der Waals surface area (Å²) in [5.41, 5.74) is 0.735. The number of carbonyl (C=O) groups excluding carboxylic acids is 3. The molecule has 5 heteroatoms. The molecular formula is C23H21NO4. The van der Waals surface area contributed by atoms with E-state index < -0.39 is 23.4 Å². The highest BCUT2D eigenvalue weighted by atomic mass is 16.5. The minimum absolute atomic E-state index is 0.0137. The van der Waals surface area contributed by atoms with Crippen molar-refractivity contribution in [2.45, 2.75) is 32.5 Å². The molecule has 6 atom stereocenters. The molecule has 0 aromatic heterocycles. The number of anilines is 1. The fraction of sp³-hybridized carbons (Fsp3) is 0.435. The number of ether oxygens (including phenoxy) is 1. The Morgan fingerprint density at radius 1 is 1.07 bits per heavy atom. The Labute approximate surface area is 163 Å². The Bertz CT molecular complexity index is 1010. The second-order valence-corrected chi connectivity index (χ2v) is 9.26. The van der Waals surface area contributed by atoms with E-state index in [-0.39, 0.29) is 35.0 Å². The Morgan fingerprint density at radius 2 is 1.82 bits per heavy atom. The maximum Gasteiger partial charge on any atom is 0.238 e. The van der Waals surface area contributed by atoms with Crippen molar-refractivity contribution in [2.24, 2.45) is 28.6 Å². The molecule has 1 saturated carbocycles. The SMILES string of the molecule is CC1(C)C2=C[C@@H]3C[C@@]2([C@H]2O[C@@H]1C=CC2=O)[C@H]1C(=O)N(c2ccccc2)C(=O)[C@@H]31. The van der Waals surface area contributed by atoms with Crippen LogP contribution in [0.4, 0.5) is 5.69 Å². The molecule has 1 spiro atoms. The van der Waals surface area contributed by atoms with Crippen LogP contribution < -0.4 is 4.90 Å². The second-order valence-electron chi connectivity index (χ2n) is 9.26. The number of ketones is 1. The van der Waals surface area contributed by atoms with Gasteiger partial charge in [-0.1, -0.05) is 49.8 Å². The predicted octanol–water partition coefficient (Wildman–Crippen LogP) is 2.67. The van der Waals surface area contributed by atoms with Crippen LogP contribution in [0, 0.1) is 28.6 Å². The molecule has 6 rings (SSSR count). The fourth-order valence-corrected chi connectivity index (χ4v) is 6.64. The maximum atomic E-state index is 13.6. The first-order valence-electron chi connectivity index (χ1n) is 9.90. The van der Waals surface area contributed by atoms with Crippen LogP contribution in [0.15, 0.2) is 54.1 Å². The van der Waals surface area contributed by atoms with E-state index in [4.69, 9.17) is 4.74 Å². The van der Waals surface area contributed by atoms with E-state index in [0.29, 0.717) is 12.1 Å². The fourth-order valence-electron chi connectivity index (χ4n) is 6.64. The number of allylic oxidation sites excluding steroid dienone is 1. The van der Waals surface area contributed by atoms with Crippen molar-refractivity contribution < 1.29 is 19.1 Å². The van der Waals surface area contributed by atoms with Gasteiger partial charge in [0, 0.05) is 10.8 Å². The molecule has 5 nitrogen and oxygen atoms in total. The first-order chi connectivity index (χ1) is 13.4. The summed E-state index contributed by atoms with van der Waals surface area (Å²) < 4.78 is 6.26. The van der Waals surface area contributed by atoms with Crippen molar-refractivity contribution in [1.82, 2.24) is 0 Å². The predicted molar refractivity (Wildman–Crippen MR) is 101 cm³/mol. The molecule has 3 heterocycles. The summed E-state index contributed by atoms with van der Waals surface area (Å²) in [6.45, 7) is 4.24. The number of carbonyl (C=O) groups is 3. The quantitative estimate of drug-likeness (QED) is 0.559. The van der Waals surface area contributed by atoms with Crippen LogP contribution in [0.5, 0.6) is 0 Å². The van der Waals surface area contributed by atoms with Gasteiger partial charge in [-0.25, -0.2) is 0 Å². The van der Waals surface area contributed by atoms with E-state index in [0.717, 1.165) is 5.57 Å². The number of para-hydroxylation sites is 1. The van der Waals surface area contributed by atoms with E-state index in [9.17, 15) is 14.4 Å². The maximum absolute atomic E-state index is 13.6. The highest BCUT2D eigenvalue weighted by Crippen LogP contribution is 2.71. The first-order valence-corrected chi connectivity index (χ1v) is 9.90. The van der Waals surface area contributed by atoms with E-state index in [2.05, 4.69) is 19.9 Å². The molecule has 0 radical (unpaired) electrons. The second kappa shape index (κ2) is 4.90. The number of hydrogen-bond acceptors (Lipinski definition) is 4. The minimum atomic E-state index is -0.701. The summed E-state index contributed by atoms with van der Waals surface area (Å²) in [7, 11) is 0. The number of amides is 2. The number of nitrogens with zero attached hydrogens (tertiary/aromatic N) is 1. The summed E-state index contributed by atoms with van der Waals surface area (Å²) >= 11 is 0. The molecule has 142 valence electrons. The number of rotatable bonds is 1. The van der Waals surface area contributed by atoms with Crippen LogP contribution in [-0.2, 0) is 19.1 Å². The molecule has 28 heavy (non-hydrogen) atoms. The molecular weight excluding hydrogens is 354 g/mol.